The van der Waals surface area contributed by atoms with Crippen LogP contribution >= 0.6 is 0 Å². The monoisotopic (exact) mass is 499 g/mol. The lowest BCUT2D eigenvalue weighted by atomic mass is 9.90. The van der Waals surface area contributed by atoms with Crippen LogP contribution in [-0.4, -0.2) is 55.0 Å². The normalized spacial score (nSPS) is 21.4. The van der Waals surface area contributed by atoms with Crippen LogP contribution < -0.4 is 10.6 Å². The van der Waals surface area contributed by atoms with Crippen molar-refractivity contribution in [3.05, 3.63) is 75.8 Å². The highest BCUT2D eigenvalue weighted by atomic mass is 16.5. The number of nitrogens with zero attached hydrogens (tertiary/aromatic N) is 2. The first kappa shape index (κ1) is 25.7. The zero-order chi connectivity index (χ0) is 25.8. The minimum atomic E-state index is 0.438. The van der Waals surface area contributed by atoms with E-state index in [0.29, 0.717) is 6.04 Å². The molecule has 0 radical (unpaired) electrons. The number of rotatable bonds is 8. The summed E-state index contributed by atoms with van der Waals surface area (Å²) in [5.41, 5.74) is 10.3. The van der Waals surface area contributed by atoms with Crippen molar-refractivity contribution in [3.63, 3.8) is 0 Å². The highest BCUT2D eigenvalue weighted by molar-refractivity contribution is 5.88. The Kier molecular flexibility index (Phi) is 8.06. The minimum Gasteiger partial charge on any atom is -0.379 e. The molecule has 2 fully saturated rings. The number of hydrogen-bond donors (Lipinski definition) is 3. The van der Waals surface area contributed by atoms with Crippen LogP contribution in [-0.2, 0) is 11.2 Å². The van der Waals surface area contributed by atoms with Gasteiger partial charge in [-0.3, -0.25) is 4.90 Å². The molecule has 0 aromatic carbocycles. The van der Waals surface area contributed by atoms with Gasteiger partial charge in [0.2, 0.25) is 0 Å². The summed E-state index contributed by atoms with van der Waals surface area (Å²) in [5.74, 6) is 0.859. The first-order chi connectivity index (χ1) is 18.0. The fourth-order valence-electron chi connectivity index (χ4n) is 5.96. The number of allylic oxidation sites excluding steroid dienone is 7. The van der Waals surface area contributed by atoms with Gasteiger partial charge in [0.05, 0.1) is 18.9 Å². The molecule has 0 bridgehead atoms. The lowest BCUT2D eigenvalue weighted by Crippen LogP contribution is -2.37. The molecule has 0 unspecified atom stereocenters. The van der Waals surface area contributed by atoms with Crippen LogP contribution in [0.1, 0.15) is 69.2 Å². The van der Waals surface area contributed by atoms with Crippen LogP contribution in [0.3, 0.4) is 0 Å². The van der Waals surface area contributed by atoms with E-state index >= 15 is 0 Å². The average Bonchev–Trinajstić information content (AvgIpc) is 3.40. The number of morpholine rings is 1. The molecule has 6 heteroatoms. The number of hydrogen-bond acceptors (Lipinski definition) is 6. The molecule has 1 aromatic rings. The highest BCUT2D eigenvalue weighted by Crippen LogP contribution is 2.33. The van der Waals surface area contributed by atoms with E-state index in [9.17, 15) is 0 Å². The SMILES string of the molecule is C=C1NC(C)=CC(C)=C1Cc1cc(C2=CC=C(CN3CCOCC3)CC2)nc(NC2CCCC2)c1C=N. The Morgan fingerprint density at radius 1 is 1.19 bits per heavy atom. The molecule has 0 atom stereocenters. The number of aromatic nitrogens is 1. The number of anilines is 1. The van der Waals surface area contributed by atoms with Gasteiger partial charge in [-0.2, -0.15) is 0 Å². The molecule has 0 amide bonds. The third kappa shape index (κ3) is 6.13. The van der Waals surface area contributed by atoms with Gasteiger partial charge in [-0.25, -0.2) is 4.98 Å². The van der Waals surface area contributed by atoms with Crippen LogP contribution in [0.5, 0.6) is 0 Å². The smallest absolute Gasteiger partial charge is 0.135 e. The van der Waals surface area contributed by atoms with Gasteiger partial charge in [-0.05, 0) is 74.0 Å². The van der Waals surface area contributed by atoms with Crippen LogP contribution in [0, 0.1) is 5.41 Å². The molecule has 1 saturated carbocycles. The van der Waals surface area contributed by atoms with Crippen LogP contribution in [0.2, 0.25) is 0 Å². The fraction of sp³-hybridized carbons (Fsp3) is 0.484. The van der Waals surface area contributed by atoms with Crippen molar-refractivity contribution >= 4 is 17.6 Å². The summed E-state index contributed by atoms with van der Waals surface area (Å²) in [7, 11) is 0. The molecule has 2 aliphatic heterocycles. The molecular weight excluding hydrogens is 458 g/mol. The van der Waals surface area contributed by atoms with Crippen molar-refractivity contribution in [1.29, 1.82) is 5.41 Å². The Hall–Kier alpha value is -2.96. The van der Waals surface area contributed by atoms with Crippen molar-refractivity contribution in [2.45, 2.75) is 64.8 Å². The van der Waals surface area contributed by atoms with E-state index in [2.05, 4.69) is 60.3 Å². The van der Waals surface area contributed by atoms with E-state index in [0.717, 1.165) is 86.1 Å². The molecule has 3 N–H and O–H groups in total. The predicted octanol–water partition coefficient (Wildman–Crippen LogP) is 5.75. The summed E-state index contributed by atoms with van der Waals surface area (Å²) in [6, 6.07) is 2.65. The van der Waals surface area contributed by atoms with Crippen molar-refractivity contribution in [3.8, 4) is 0 Å². The quantitative estimate of drug-likeness (QED) is 0.397. The maximum absolute atomic E-state index is 8.30. The predicted molar refractivity (Wildman–Crippen MR) is 153 cm³/mol. The average molecular weight is 500 g/mol. The standard InChI is InChI=1S/C31H41N5O/c1-21-16-22(2)33-23(3)28(21)17-26-18-30(35-31(29(26)19-32)34-27-6-4-5-7-27)25-10-8-24(9-11-25)20-36-12-14-37-15-13-36/h8,10,16,18-19,27,32-33H,3-7,9,11-15,17,20H2,1-2H3,(H,34,35). The largest absolute Gasteiger partial charge is 0.379 e. The molecule has 1 saturated heterocycles. The zero-order valence-corrected chi connectivity index (χ0v) is 22.5. The first-order valence-electron chi connectivity index (χ1n) is 13.8. The van der Waals surface area contributed by atoms with Crippen molar-refractivity contribution in [2.75, 3.05) is 38.2 Å². The van der Waals surface area contributed by atoms with E-state index in [-0.39, 0.29) is 0 Å². The number of pyridine rings is 1. The summed E-state index contributed by atoms with van der Waals surface area (Å²) in [4.78, 5) is 7.61. The molecule has 0 spiro atoms. The molecular formula is C31H41N5O. The Morgan fingerprint density at radius 3 is 2.65 bits per heavy atom. The minimum absolute atomic E-state index is 0.438. The van der Waals surface area contributed by atoms with E-state index in [1.165, 1.54) is 54.2 Å². The Labute approximate surface area is 221 Å². The molecule has 1 aromatic heterocycles. The number of dihydropyridines is 1. The maximum atomic E-state index is 8.30. The molecule has 6 nitrogen and oxygen atoms in total. The maximum Gasteiger partial charge on any atom is 0.135 e. The van der Waals surface area contributed by atoms with Gasteiger partial charge >= 0.3 is 0 Å². The summed E-state index contributed by atoms with van der Waals surface area (Å²) in [6.45, 7) is 13.3. The van der Waals surface area contributed by atoms with Gasteiger partial charge in [-0.1, -0.05) is 37.1 Å². The molecule has 5 rings (SSSR count). The van der Waals surface area contributed by atoms with Gasteiger partial charge in [0.25, 0.3) is 0 Å². The Morgan fingerprint density at radius 2 is 1.97 bits per heavy atom. The molecule has 37 heavy (non-hydrogen) atoms. The summed E-state index contributed by atoms with van der Waals surface area (Å²) >= 11 is 0. The fourth-order valence-corrected chi connectivity index (χ4v) is 5.96. The Bertz CT molecular complexity index is 1180. The third-order valence-corrected chi connectivity index (χ3v) is 8.07. The van der Waals surface area contributed by atoms with Gasteiger partial charge in [-0.15, -0.1) is 0 Å². The molecule has 4 aliphatic rings. The summed E-state index contributed by atoms with van der Waals surface area (Å²) < 4.78 is 5.51. The molecule has 196 valence electrons. The van der Waals surface area contributed by atoms with Gasteiger partial charge in [0.1, 0.15) is 5.82 Å². The van der Waals surface area contributed by atoms with E-state index in [1.807, 2.05) is 0 Å². The summed E-state index contributed by atoms with van der Waals surface area (Å²) in [5, 5.41) is 15.4. The highest BCUT2D eigenvalue weighted by Gasteiger charge is 2.22. The summed E-state index contributed by atoms with van der Waals surface area (Å²) in [6.07, 6.45) is 15.9. The van der Waals surface area contributed by atoms with Crippen molar-refractivity contribution in [2.24, 2.45) is 0 Å². The number of ether oxygens (including phenoxy) is 1. The first-order valence-corrected chi connectivity index (χ1v) is 13.8. The van der Waals surface area contributed by atoms with Gasteiger partial charge in [0, 0.05) is 55.3 Å². The van der Waals surface area contributed by atoms with Gasteiger partial charge < -0.3 is 20.8 Å². The van der Waals surface area contributed by atoms with Crippen LogP contribution in [0.25, 0.3) is 5.57 Å². The lowest BCUT2D eigenvalue weighted by molar-refractivity contribution is 0.0419. The van der Waals surface area contributed by atoms with E-state index < -0.39 is 0 Å². The second-order valence-electron chi connectivity index (χ2n) is 10.9. The molecule has 2 aliphatic carbocycles. The molecule has 3 heterocycles. The van der Waals surface area contributed by atoms with E-state index in [1.54, 1.807) is 0 Å². The second kappa shape index (κ2) is 11.6. The number of nitrogens with one attached hydrogen (secondary N) is 3. The third-order valence-electron chi connectivity index (χ3n) is 8.07. The van der Waals surface area contributed by atoms with Crippen LogP contribution in [0.4, 0.5) is 5.82 Å². The Balaban J connectivity index is 1.47. The van der Waals surface area contributed by atoms with Crippen molar-refractivity contribution < 1.29 is 4.74 Å². The zero-order valence-electron chi connectivity index (χ0n) is 22.5. The van der Waals surface area contributed by atoms with Crippen molar-refractivity contribution in [1.82, 2.24) is 15.2 Å². The second-order valence-corrected chi connectivity index (χ2v) is 10.9. The van der Waals surface area contributed by atoms with E-state index in [4.69, 9.17) is 15.1 Å². The van der Waals surface area contributed by atoms with Crippen LogP contribution in [0.15, 0.2) is 59.0 Å². The lowest BCUT2D eigenvalue weighted by Gasteiger charge is -2.28. The van der Waals surface area contributed by atoms with Gasteiger partial charge in [0.15, 0.2) is 0 Å². The topological polar surface area (TPSA) is 73.3 Å².